The molecular weight excluding hydrogens is 300 g/mol. The molecule has 0 radical (unpaired) electrons. The number of para-hydroxylation sites is 2. The summed E-state index contributed by atoms with van der Waals surface area (Å²) in [5, 5.41) is 3.12. The Morgan fingerprint density at radius 1 is 1.33 bits per heavy atom. The van der Waals surface area contributed by atoms with Gasteiger partial charge in [-0.3, -0.25) is 4.79 Å². The summed E-state index contributed by atoms with van der Waals surface area (Å²) in [5.41, 5.74) is 8.45. The first-order valence-corrected chi connectivity index (χ1v) is 9.10. The van der Waals surface area contributed by atoms with Gasteiger partial charge in [0.25, 0.3) is 0 Å². The molecule has 2 aliphatic carbocycles. The number of carbonyl (C=O) groups is 1. The normalized spacial score (nSPS) is 28.6. The fourth-order valence-electron chi connectivity index (χ4n) is 4.77. The van der Waals surface area contributed by atoms with E-state index in [1.807, 2.05) is 25.1 Å². The number of amides is 1. The van der Waals surface area contributed by atoms with Crippen LogP contribution in [0, 0.1) is 24.7 Å². The maximum Gasteiger partial charge on any atom is 0.224 e. The van der Waals surface area contributed by atoms with E-state index in [0.29, 0.717) is 18.4 Å². The molecule has 0 spiro atoms. The van der Waals surface area contributed by atoms with Gasteiger partial charge in [0.15, 0.2) is 0 Å². The van der Waals surface area contributed by atoms with E-state index >= 15 is 0 Å². The van der Waals surface area contributed by atoms with Gasteiger partial charge in [-0.05, 0) is 56.6 Å². The Bertz CT molecular complexity index is 751. The monoisotopic (exact) mass is 326 g/mol. The number of rotatable bonds is 5. The number of aromatic nitrogens is 2. The van der Waals surface area contributed by atoms with Crippen LogP contribution in [0.3, 0.4) is 0 Å². The van der Waals surface area contributed by atoms with Crippen LogP contribution in [0.4, 0.5) is 0 Å². The topological polar surface area (TPSA) is 72.9 Å². The van der Waals surface area contributed by atoms with Crippen molar-refractivity contribution in [1.82, 2.24) is 14.9 Å². The van der Waals surface area contributed by atoms with Crippen LogP contribution in [0.1, 0.15) is 31.5 Å². The lowest BCUT2D eigenvalue weighted by molar-refractivity contribution is -0.127. The summed E-state index contributed by atoms with van der Waals surface area (Å²) in [7, 11) is 0. The Kier molecular flexibility index (Phi) is 4.04. The molecule has 2 aromatic rings. The van der Waals surface area contributed by atoms with E-state index in [1.165, 1.54) is 12.8 Å². The van der Waals surface area contributed by atoms with E-state index in [9.17, 15) is 4.79 Å². The van der Waals surface area contributed by atoms with Crippen LogP contribution in [0.25, 0.3) is 11.0 Å². The van der Waals surface area contributed by atoms with Crippen LogP contribution >= 0.6 is 0 Å². The summed E-state index contributed by atoms with van der Waals surface area (Å²) in [4.78, 5) is 17.1. The smallest absolute Gasteiger partial charge is 0.224 e. The van der Waals surface area contributed by atoms with Gasteiger partial charge in [-0.15, -0.1) is 0 Å². The zero-order valence-electron chi connectivity index (χ0n) is 14.2. The van der Waals surface area contributed by atoms with E-state index in [1.54, 1.807) is 0 Å². The van der Waals surface area contributed by atoms with Crippen LogP contribution in [-0.4, -0.2) is 28.0 Å². The van der Waals surface area contributed by atoms with Crippen molar-refractivity contribution in [1.29, 1.82) is 0 Å². The molecule has 5 heteroatoms. The van der Waals surface area contributed by atoms with Crippen molar-refractivity contribution in [3.8, 4) is 0 Å². The summed E-state index contributed by atoms with van der Waals surface area (Å²) in [6, 6.07) is 8.26. The number of nitrogens with zero attached hydrogens (tertiary/aromatic N) is 2. The van der Waals surface area contributed by atoms with Gasteiger partial charge < -0.3 is 15.6 Å². The average molecular weight is 326 g/mol. The second kappa shape index (κ2) is 6.20. The molecule has 1 amide bonds. The predicted octanol–water partition coefficient (Wildman–Crippen LogP) is 2.22. The third kappa shape index (κ3) is 2.61. The van der Waals surface area contributed by atoms with Crippen molar-refractivity contribution in [3.63, 3.8) is 0 Å². The summed E-state index contributed by atoms with van der Waals surface area (Å²) in [5.74, 6) is 2.33. The number of hydrogen-bond donors (Lipinski definition) is 2. The van der Waals surface area contributed by atoms with E-state index in [-0.39, 0.29) is 17.9 Å². The molecule has 0 aliphatic heterocycles. The first-order valence-electron chi connectivity index (χ1n) is 9.10. The molecule has 0 saturated heterocycles. The van der Waals surface area contributed by atoms with Gasteiger partial charge in [0.2, 0.25) is 5.91 Å². The Balaban J connectivity index is 1.31. The van der Waals surface area contributed by atoms with Crippen LogP contribution in [-0.2, 0) is 11.3 Å². The molecule has 2 aliphatic rings. The highest BCUT2D eigenvalue weighted by molar-refractivity contribution is 5.80. The molecule has 5 nitrogen and oxygen atoms in total. The van der Waals surface area contributed by atoms with Crippen LogP contribution < -0.4 is 11.1 Å². The fourth-order valence-corrected chi connectivity index (χ4v) is 4.77. The number of nitrogens with two attached hydrogens (primary N) is 1. The third-order valence-corrected chi connectivity index (χ3v) is 5.99. The minimum absolute atomic E-state index is 0.0413. The zero-order valence-corrected chi connectivity index (χ0v) is 14.2. The van der Waals surface area contributed by atoms with Gasteiger partial charge in [0.05, 0.1) is 17.0 Å². The second-order valence-electron chi connectivity index (χ2n) is 7.38. The van der Waals surface area contributed by atoms with E-state index in [2.05, 4.69) is 20.9 Å². The van der Waals surface area contributed by atoms with Crippen molar-refractivity contribution in [3.05, 3.63) is 30.1 Å². The standard InChI is InChI=1S/C19H26N4O/c1-12-22-15-5-2-3-6-16(15)23(12)10-4-9-21-19(24)17-13-7-8-14(11-13)18(17)20/h2-3,5-6,13-14,17-18H,4,7-11,20H2,1H3,(H,21,24). The molecular formula is C19H26N4O. The Morgan fingerprint density at radius 3 is 2.92 bits per heavy atom. The molecule has 1 aromatic heterocycles. The summed E-state index contributed by atoms with van der Waals surface area (Å²) >= 11 is 0. The molecule has 1 heterocycles. The molecule has 24 heavy (non-hydrogen) atoms. The Hall–Kier alpha value is -1.88. The van der Waals surface area contributed by atoms with E-state index < -0.39 is 0 Å². The highest BCUT2D eigenvalue weighted by atomic mass is 16.1. The van der Waals surface area contributed by atoms with Gasteiger partial charge in [-0.25, -0.2) is 4.98 Å². The lowest BCUT2D eigenvalue weighted by Crippen LogP contribution is -2.45. The molecule has 128 valence electrons. The van der Waals surface area contributed by atoms with Gasteiger partial charge in [-0.2, -0.15) is 0 Å². The number of carbonyl (C=O) groups excluding carboxylic acids is 1. The fraction of sp³-hybridized carbons (Fsp3) is 0.579. The van der Waals surface area contributed by atoms with Crippen molar-refractivity contribution < 1.29 is 4.79 Å². The van der Waals surface area contributed by atoms with Gasteiger partial charge in [-0.1, -0.05) is 12.1 Å². The van der Waals surface area contributed by atoms with Crippen LogP contribution in [0.2, 0.25) is 0 Å². The van der Waals surface area contributed by atoms with Crippen molar-refractivity contribution in [2.75, 3.05) is 6.54 Å². The minimum Gasteiger partial charge on any atom is -0.356 e. The van der Waals surface area contributed by atoms with E-state index in [0.717, 1.165) is 36.2 Å². The highest BCUT2D eigenvalue weighted by Crippen LogP contribution is 2.47. The molecule has 2 bridgehead atoms. The molecule has 4 unspecified atom stereocenters. The number of aryl methyl sites for hydroxylation is 2. The molecule has 2 fully saturated rings. The second-order valence-corrected chi connectivity index (χ2v) is 7.38. The van der Waals surface area contributed by atoms with Gasteiger partial charge >= 0.3 is 0 Å². The van der Waals surface area contributed by atoms with Crippen molar-refractivity contribution >= 4 is 16.9 Å². The number of nitrogens with one attached hydrogen (secondary N) is 1. The SMILES string of the molecule is Cc1nc2ccccc2n1CCCNC(=O)C1C2CCC(C2)C1N. The van der Waals surface area contributed by atoms with Crippen LogP contribution in [0.5, 0.6) is 0 Å². The van der Waals surface area contributed by atoms with E-state index in [4.69, 9.17) is 5.73 Å². The van der Waals surface area contributed by atoms with Gasteiger partial charge in [0, 0.05) is 19.1 Å². The molecule has 1 aromatic carbocycles. The van der Waals surface area contributed by atoms with Crippen LogP contribution in [0.15, 0.2) is 24.3 Å². The number of fused-ring (bicyclic) bond motifs is 3. The first-order chi connectivity index (χ1) is 11.6. The molecule has 4 atom stereocenters. The minimum atomic E-state index is 0.0413. The summed E-state index contributed by atoms with van der Waals surface area (Å²) < 4.78 is 2.23. The van der Waals surface area contributed by atoms with Crippen molar-refractivity contribution in [2.45, 2.75) is 45.2 Å². The molecule has 2 saturated carbocycles. The maximum absolute atomic E-state index is 12.5. The Labute approximate surface area is 142 Å². The highest BCUT2D eigenvalue weighted by Gasteiger charge is 2.48. The Morgan fingerprint density at radius 2 is 2.12 bits per heavy atom. The lowest BCUT2D eigenvalue weighted by atomic mass is 9.84. The summed E-state index contributed by atoms with van der Waals surface area (Å²) in [6.07, 6.45) is 4.45. The molecule has 4 rings (SSSR count). The number of benzene rings is 1. The van der Waals surface area contributed by atoms with Crippen molar-refractivity contribution in [2.24, 2.45) is 23.5 Å². The molecule has 3 N–H and O–H groups in total. The lowest BCUT2D eigenvalue weighted by Gasteiger charge is -2.27. The number of hydrogen-bond acceptors (Lipinski definition) is 3. The average Bonchev–Trinajstić information content (AvgIpc) is 3.24. The zero-order chi connectivity index (χ0) is 16.7. The van der Waals surface area contributed by atoms with Gasteiger partial charge in [0.1, 0.15) is 5.82 Å². The summed E-state index contributed by atoms with van der Waals surface area (Å²) in [6.45, 7) is 3.60. The largest absolute Gasteiger partial charge is 0.356 e. The quantitative estimate of drug-likeness (QED) is 0.828. The first kappa shape index (κ1) is 15.6. The third-order valence-electron chi connectivity index (χ3n) is 5.99. The predicted molar refractivity (Wildman–Crippen MR) is 94.4 cm³/mol. The number of imidazole rings is 1. The maximum atomic E-state index is 12.5.